The van der Waals surface area contributed by atoms with Gasteiger partial charge in [-0.15, -0.1) is 0 Å². The number of aromatic hydroxyl groups is 1. The second-order valence-electron chi connectivity index (χ2n) is 7.10. The lowest BCUT2D eigenvalue weighted by atomic mass is 10.1. The third kappa shape index (κ3) is 5.50. The van der Waals surface area contributed by atoms with E-state index in [2.05, 4.69) is 16.0 Å². The fraction of sp³-hybridized carbons (Fsp3) is 0.292. The summed E-state index contributed by atoms with van der Waals surface area (Å²) in [7, 11) is 0. The van der Waals surface area contributed by atoms with Crippen molar-refractivity contribution in [1.82, 2.24) is 15.5 Å². The number of rotatable bonds is 6. The molecular weight excluding hydrogens is 424 g/mol. The summed E-state index contributed by atoms with van der Waals surface area (Å²) in [6.45, 7) is 6.09. The van der Waals surface area contributed by atoms with Gasteiger partial charge in [0, 0.05) is 19.6 Å². The maximum Gasteiger partial charge on any atom is 0.276 e. The molecule has 174 valence electrons. The van der Waals surface area contributed by atoms with Crippen molar-refractivity contribution in [3.63, 3.8) is 0 Å². The lowest BCUT2D eigenvalue weighted by molar-refractivity contribution is -0.124. The Morgan fingerprint density at radius 1 is 1.00 bits per heavy atom. The number of phenolic OH excluding ortho intramolecular Hbond substituents is 1. The molecule has 0 aliphatic carbocycles. The molecule has 0 bridgehead atoms. The van der Waals surface area contributed by atoms with Gasteiger partial charge in [-0.3, -0.25) is 19.7 Å². The molecule has 1 fully saturated rings. The van der Waals surface area contributed by atoms with E-state index in [0.29, 0.717) is 32.8 Å². The van der Waals surface area contributed by atoms with E-state index in [0.717, 1.165) is 5.56 Å². The molecule has 9 nitrogen and oxygen atoms in total. The lowest BCUT2D eigenvalue weighted by Gasteiger charge is -2.27. The molecule has 0 radical (unpaired) electrons. The normalized spacial score (nSPS) is 15.5. The monoisotopic (exact) mass is 452 g/mol. The van der Waals surface area contributed by atoms with Gasteiger partial charge < -0.3 is 25.4 Å². The van der Waals surface area contributed by atoms with E-state index in [1.807, 2.05) is 44.2 Å². The maximum absolute atomic E-state index is 12.8. The fourth-order valence-corrected chi connectivity index (χ4v) is 3.42. The van der Waals surface area contributed by atoms with Crippen LogP contribution in [-0.4, -0.2) is 54.0 Å². The highest BCUT2D eigenvalue weighted by Crippen LogP contribution is 2.30. The van der Waals surface area contributed by atoms with Gasteiger partial charge in [0.2, 0.25) is 0 Å². The molecule has 0 saturated carbocycles. The van der Waals surface area contributed by atoms with Crippen LogP contribution in [0.4, 0.5) is 5.69 Å². The third-order valence-corrected chi connectivity index (χ3v) is 5.07. The molecule has 3 amide bonds. The Balaban J connectivity index is 0.00000149. The van der Waals surface area contributed by atoms with E-state index in [1.54, 1.807) is 11.0 Å². The van der Waals surface area contributed by atoms with Crippen molar-refractivity contribution < 1.29 is 24.2 Å². The zero-order valence-electron chi connectivity index (χ0n) is 18.7. The minimum atomic E-state index is -0.620. The van der Waals surface area contributed by atoms with Gasteiger partial charge >= 0.3 is 0 Å². The van der Waals surface area contributed by atoms with Gasteiger partial charge in [-0.2, -0.15) is 0 Å². The number of hydrogen-bond donors (Lipinski definition) is 4. The first-order valence-corrected chi connectivity index (χ1v) is 10.9. The Hall–Kier alpha value is -3.85. The van der Waals surface area contributed by atoms with Crippen LogP contribution in [-0.2, 0) is 20.9 Å². The van der Waals surface area contributed by atoms with Crippen molar-refractivity contribution >= 4 is 23.4 Å². The number of amides is 3. The number of anilines is 1. The maximum atomic E-state index is 12.8. The number of ether oxygens (including phenoxy) is 1. The van der Waals surface area contributed by atoms with Crippen LogP contribution in [0.2, 0.25) is 0 Å². The number of nitrogens with one attached hydrogen (secondary N) is 3. The number of morpholine rings is 1. The molecular formula is C24H28N4O5. The zero-order chi connectivity index (χ0) is 23.8. The van der Waals surface area contributed by atoms with Crippen LogP contribution in [0.1, 0.15) is 29.8 Å². The number of hydrogen-bond acceptors (Lipinski definition) is 7. The lowest BCUT2D eigenvalue weighted by Crippen LogP contribution is -2.40. The Morgan fingerprint density at radius 3 is 2.36 bits per heavy atom. The zero-order valence-corrected chi connectivity index (χ0v) is 18.7. The highest BCUT2D eigenvalue weighted by atomic mass is 16.5. The summed E-state index contributed by atoms with van der Waals surface area (Å²) in [5.74, 6) is -1.80. The Morgan fingerprint density at radius 2 is 1.67 bits per heavy atom. The standard InChI is InChI=1S/C22H22N4O5.C2H6/c27-19-15(22(30)26-9-11-31-12-10-26)7-4-8-16(19)24-18-17(20(28)25-21(18)29)23-13-14-5-2-1-3-6-14;1-2/h1-8,27H,9-13H2,(H3,23,24,25,28,29);1-2H3. The first-order valence-electron chi connectivity index (χ1n) is 10.9. The molecule has 9 heteroatoms. The minimum Gasteiger partial charge on any atom is -0.505 e. The Labute approximate surface area is 192 Å². The summed E-state index contributed by atoms with van der Waals surface area (Å²) in [5.41, 5.74) is 1.24. The average molecular weight is 453 g/mol. The van der Waals surface area contributed by atoms with Crippen LogP contribution < -0.4 is 16.0 Å². The molecule has 0 unspecified atom stereocenters. The molecule has 2 aromatic rings. The van der Waals surface area contributed by atoms with Crippen LogP contribution in [0.15, 0.2) is 59.9 Å². The minimum absolute atomic E-state index is 0.0211. The molecule has 2 aliphatic heterocycles. The SMILES string of the molecule is CC.O=C1NC(=O)C(Nc2cccc(C(=O)N3CCOCC3)c2O)=C1NCc1ccccc1. The van der Waals surface area contributed by atoms with E-state index in [9.17, 15) is 19.5 Å². The molecule has 0 atom stereocenters. The van der Waals surface area contributed by atoms with E-state index < -0.39 is 11.8 Å². The van der Waals surface area contributed by atoms with E-state index >= 15 is 0 Å². The predicted molar refractivity (Wildman–Crippen MR) is 123 cm³/mol. The third-order valence-electron chi connectivity index (χ3n) is 5.07. The number of para-hydroxylation sites is 1. The summed E-state index contributed by atoms with van der Waals surface area (Å²) >= 11 is 0. The van der Waals surface area contributed by atoms with Gasteiger partial charge in [-0.1, -0.05) is 50.2 Å². The van der Waals surface area contributed by atoms with Crippen molar-refractivity contribution in [2.75, 3.05) is 31.6 Å². The highest BCUT2D eigenvalue weighted by molar-refractivity contribution is 6.20. The second-order valence-corrected chi connectivity index (χ2v) is 7.10. The molecule has 2 heterocycles. The smallest absolute Gasteiger partial charge is 0.276 e. The molecule has 0 spiro atoms. The number of nitrogens with zero attached hydrogens (tertiary/aromatic N) is 1. The second kappa shape index (κ2) is 11.1. The van der Waals surface area contributed by atoms with Gasteiger partial charge in [0.1, 0.15) is 11.4 Å². The quantitative estimate of drug-likeness (QED) is 0.391. The number of phenols is 1. The van der Waals surface area contributed by atoms with Crippen LogP contribution in [0.3, 0.4) is 0 Å². The highest BCUT2D eigenvalue weighted by Gasteiger charge is 2.31. The van der Waals surface area contributed by atoms with E-state index in [4.69, 9.17) is 4.74 Å². The van der Waals surface area contributed by atoms with Crippen LogP contribution in [0.5, 0.6) is 5.75 Å². The fourth-order valence-electron chi connectivity index (χ4n) is 3.42. The molecule has 1 saturated heterocycles. The molecule has 4 N–H and O–H groups in total. The first-order chi connectivity index (χ1) is 16.0. The van der Waals surface area contributed by atoms with Crippen molar-refractivity contribution in [3.05, 3.63) is 71.1 Å². The summed E-state index contributed by atoms with van der Waals surface area (Å²) in [4.78, 5) is 38.9. The Bertz CT molecular complexity index is 1050. The topological polar surface area (TPSA) is 120 Å². The summed E-state index contributed by atoms with van der Waals surface area (Å²) in [6, 6.07) is 14.1. The summed E-state index contributed by atoms with van der Waals surface area (Å²) in [6.07, 6.45) is 0. The molecule has 2 aromatic carbocycles. The molecule has 33 heavy (non-hydrogen) atoms. The van der Waals surface area contributed by atoms with Gasteiger partial charge in [0.05, 0.1) is 24.5 Å². The average Bonchev–Trinajstić information content (AvgIpc) is 3.12. The summed E-state index contributed by atoms with van der Waals surface area (Å²) in [5, 5.41) is 18.7. The number of carbonyl (C=O) groups excluding carboxylic acids is 3. The number of imide groups is 1. The van der Waals surface area contributed by atoms with Crippen molar-refractivity contribution in [1.29, 1.82) is 0 Å². The van der Waals surface area contributed by atoms with Gasteiger partial charge in [0.25, 0.3) is 17.7 Å². The van der Waals surface area contributed by atoms with E-state index in [1.165, 1.54) is 12.1 Å². The van der Waals surface area contributed by atoms with Gasteiger partial charge in [0.15, 0.2) is 5.75 Å². The molecule has 0 aromatic heterocycles. The van der Waals surface area contributed by atoms with Gasteiger partial charge in [-0.05, 0) is 17.7 Å². The number of carbonyl (C=O) groups is 3. The molecule has 4 rings (SSSR count). The Kier molecular flexibility index (Phi) is 8.04. The predicted octanol–water partition coefficient (Wildman–Crippen LogP) is 1.96. The van der Waals surface area contributed by atoms with Crippen LogP contribution in [0.25, 0.3) is 0 Å². The first kappa shape index (κ1) is 23.8. The number of benzene rings is 2. The van der Waals surface area contributed by atoms with Crippen molar-refractivity contribution in [2.45, 2.75) is 20.4 Å². The van der Waals surface area contributed by atoms with Gasteiger partial charge in [-0.25, -0.2) is 0 Å². The van der Waals surface area contributed by atoms with Crippen molar-refractivity contribution in [3.8, 4) is 5.75 Å². The van der Waals surface area contributed by atoms with Crippen molar-refractivity contribution in [2.24, 2.45) is 0 Å². The summed E-state index contributed by atoms with van der Waals surface area (Å²) < 4.78 is 5.26. The van der Waals surface area contributed by atoms with E-state index in [-0.39, 0.29) is 34.3 Å². The van der Waals surface area contributed by atoms with Crippen LogP contribution >= 0.6 is 0 Å². The molecule has 2 aliphatic rings. The van der Waals surface area contributed by atoms with Crippen LogP contribution in [0, 0.1) is 0 Å². The largest absolute Gasteiger partial charge is 0.505 e.